The van der Waals surface area contributed by atoms with Crippen LogP contribution in [0.4, 0.5) is 0 Å². The van der Waals surface area contributed by atoms with Crippen molar-refractivity contribution < 1.29 is 20.1 Å². The van der Waals surface area contributed by atoms with E-state index < -0.39 is 5.60 Å². The molecular weight excluding hydrogens is 316 g/mol. The van der Waals surface area contributed by atoms with Crippen molar-refractivity contribution in [2.75, 3.05) is 0 Å². The molecule has 0 aromatic heterocycles. The molecule has 3 rings (SSSR count). The summed E-state index contributed by atoms with van der Waals surface area (Å²) in [5.41, 5.74) is 2.40. The van der Waals surface area contributed by atoms with Crippen LogP contribution in [-0.2, 0) is 12.0 Å². The van der Waals surface area contributed by atoms with Gasteiger partial charge in [0.15, 0.2) is 0 Å². The Morgan fingerprint density at radius 2 is 1.68 bits per heavy atom. The molecule has 0 aliphatic carbocycles. The Kier molecular flexibility index (Phi) is 4.31. The van der Waals surface area contributed by atoms with Crippen LogP contribution >= 0.6 is 0 Å². The summed E-state index contributed by atoms with van der Waals surface area (Å²) in [5, 5.41) is 31.4. The SMILES string of the molecule is CCCCCc1cc(O)c2c(c1)OC(C)(C)c1cc(O)c(C)c(O)c1-2. The Labute approximate surface area is 148 Å². The number of fused-ring (bicyclic) bond motifs is 3. The molecule has 0 amide bonds. The quantitative estimate of drug-likeness (QED) is 0.673. The number of hydrogen-bond donors (Lipinski definition) is 3. The number of phenolic OH excluding ortho intramolecular Hbond substituents is 3. The van der Waals surface area contributed by atoms with E-state index in [0.717, 1.165) is 31.2 Å². The Hall–Kier alpha value is -2.36. The van der Waals surface area contributed by atoms with Gasteiger partial charge in [-0.05, 0) is 57.4 Å². The van der Waals surface area contributed by atoms with Crippen molar-refractivity contribution in [3.8, 4) is 34.1 Å². The molecule has 0 fully saturated rings. The minimum atomic E-state index is -0.723. The summed E-state index contributed by atoms with van der Waals surface area (Å²) >= 11 is 0. The Bertz CT molecular complexity index is 821. The lowest BCUT2D eigenvalue weighted by molar-refractivity contribution is 0.104. The van der Waals surface area contributed by atoms with Gasteiger partial charge in [-0.3, -0.25) is 0 Å². The first kappa shape index (κ1) is 17.5. The molecule has 0 saturated heterocycles. The van der Waals surface area contributed by atoms with Crippen molar-refractivity contribution >= 4 is 0 Å². The Balaban J connectivity index is 2.18. The van der Waals surface area contributed by atoms with Crippen LogP contribution in [0.15, 0.2) is 18.2 Å². The smallest absolute Gasteiger partial charge is 0.132 e. The number of rotatable bonds is 4. The van der Waals surface area contributed by atoms with Gasteiger partial charge in [0.1, 0.15) is 28.6 Å². The van der Waals surface area contributed by atoms with Gasteiger partial charge >= 0.3 is 0 Å². The van der Waals surface area contributed by atoms with E-state index in [2.05, 4.69) is 6.92 Å². The predicted octanol–water partition coefficient (Wildman–Crippen LogP) is 5.14. The Morgan fingerprint density at radius 3 is 2.36 bits per heavy atom. The zero-order valence-corrected chi connectivity index (χ0v) is 15.3. The number of ether oxygens (including phenoxy) is 1. The van der Waals surface area contributed by atoms with Gasteiger partial charge in [0, 0.05) is 16.7 Å². The van der Waals surface area contributed by atoms with E-state index >= 15 is 0 Å². The number of aromatic hydroxyl groups is 3. The fraction of sp³-hybridized carbons (Fsp3) is 0.429. The molecule has 4 heteroatoms. The molecule has 3 N–H and O–H groups in total. The second kappa shape index (κ2) is 6.17. The maximum absolute atomic E-state index is 10.6. The van der Waals surface area contributed by atoms with Gasteiger partial charge < -0.3 is 20.1 Å². The largest absolute Gasteiger partial charge is 0.508 e. The van der Waals surface area contributed by atoms with Crippen LogP contribution in [0.3, 0.4) is 0 Å². The molecule has 0 bridgehead atoms. The highest BCUT2D eigenvalue weighted by molar-refractivity contribution is 5.87. The summed E-state index contributed by atoms with van der Waals surface area (Å²) in [7, 11) is 0. The van der Waals surface area contributed by atoms with Crippen molar-refractivity contribution in [1.29, 1.82) is 0 Å². The number of phenols is 3. The zero-order chi connectivity index (χ0) is 18.4. The Morgan fingerprint density at radius 1 is 0.960 bits per heavy atom. The van der Waals surface area contributed by atoms with Crippen LogP contribution in [0, 0.1) is 6.92 Å². The highest BCUT2D eigenvalue weighted by Crippen LogP contribution is 2.54. The van der Waals surface area contributed by atoms with Gasteiger partial charge in [-0.15, -0.1) is 0 Å². The zero-order valence-electron chi connectivity index (χ0n) is 15.3. The molecule has 2 aromatic carbocycles. The average Bonchev–Trinajstić information content (AvgIpc) is 2.53. The highest BCUT2D eigenvalue weighted by atomic mass is 16.5. The maximum Gasteiger partial charge on any atom is 0.132 e. The van der Waals surface area contributed by atoms with Gasteiger partial charge in [0.2, 0.25) is 0 Å². The molecule has 25 heavy (non-hydrogen) atoms. The molecule has 1 aliphatic heterocycles. The topological polar surface area (TPSA) is 69.9 Å². The first-order chi connectivity index (χ1) is 11.8. The van der Waals surface area contributed by atoms with Crippen molar-refractivity contribution in [3.63, 3.8) is 0 Å². The van der Waals surface area contributed by atoms with Crippen LogP contribution < -0.4 is 4.74 Å². The van der Waals surface area contributed by atoms with Crippen molar-refractivity contribution in [2.24, 2.45) is 0 Å². The summed E-state index contributed by atoms with van der Waals surface area (Å²) in [6.07, 6.45) is 4.23. The van der Waals surface area contributed by atoms with Gasteiger partial charge in [-0.25, -0.2) is 0 Å². The van der Waals surface area contributed by atoms with E-state index in [1.807, 2.05) is 19.9 Å². The molecule has 0 saturated carbocycles. The molecule has 134 valence electrons. The van der Waals surface area contributed by atoms with Crippen molar-refractivity contribution in [3.05, 3.63) is 34.9 Å². The van der Waals surface area contributed by atoms with Gasteiger partial charge in [0.05, 0.1) is 5.56 Å². The van der Waals surface area contributed by atoms with E-state index in [1.165, 1.54) is 0 Å². The summed E-state index contributed by atoms with van der Waals surface area (Å²) in [4.78, 5) is 0. The molecular formula is C21H26O4. The normalized spacial score (nSPS) is 14.6. The van der Waals surface area contributed by atoms with Crippen molar-refractivity contribution in [1.82, 2.24) is 0 Å². The summed E-state index contributed by atoms with van der Waals surface area (Å²) < 4.78 is 6.14. The lowest BCUT2D eigenvalue weighted by Gasteiger charge is -2.36. The molecule has 4 nitrogen and oxygen atoms in total. The van der Waals surface area contributed by atoms with Gasteiger partial charge in [-0.2, -0.15) is 0 Å². The number of unbranched alkanes of at least 4 members (excludes halogenated alkanes) is 2. The first-order valence-electron chi connectivity index (χ1n) is 8.87. The fourth-order valence-electron chi connectivity index (χ4n) is 3.52. The van der Waals surface area contributed by atoms with Crippen LogP contribution in [0.1, 0.15) is 56.7 Å². The second-order valence-corrected chi connectivity index (χ2v) is 7.35. The fourth-order valence-corrected chi connectivity index (χ4v) is 3.52. The minimum absolute atomic E-state index is 0.0124. The van der Waals surface area contributed by atoms with Gasteiger partial charge in [-0.1, -0.05) is 19.8 Å². The summed E-state index contributed by atoms with van der Waals surface area (Å²) in [6.45, 7) is 7.60. The lowest BCUT2D eigenvalue weighted by Crippen LogP contribution is -2.29. The van der Waals surface area contributed by atoms with E-state index in [0.29, 0.717) is 28.0 Å². The third-order valence-corrected chi connectivity index (χ3v) is 5.00. The third kappa shape index (κ3) is 2.90. The average molecular weight is 342 g/mol. The van der Waals surface area contributed by atoms with Crippen LogP contribution in [0.25, 0.3) is 11.1 Å². The van der Waals surface area contributed by atoms with Crippen LogP contribution in [0.2, 0.25) is 0 Å². The van der Waals surface area contributed by atoms with E-state index in [9.17, 15) is 15.3 Å². The second-order valence-electron chi connectivity index (χ2n) is 7.35. The number of benzene rings is 2. The standard InChI is InChI=1S/C21H26O4/c1-5-6-7-8-13-9-16(23)19-17(10-13)25-21(3,4)14-11-15(22)12(2)20(24)18(14)19/h9-11,22-24H,5-8H2,1-4H3. The van der Waals surface area contributed by atoms with E-state index in [4.69, 9.17) is 4.74 Å². The lowest BCUT2D eigenvalue weighted by atomic mass is 9.83. The molecule has 2 aromatic rings. The summed E-state index contributed by atoms with van der Waals surface area (Å²) in [5.74, 6) is 0.680. The maximum atomic E-state index is 10.6. The monoisotopic (exact) mass is 342 g/mol. The number of hydrogen-bond acceptors (Lipinski definition) is 4. The minimum Gasteiger partial charge on any atom is -0.508 e. The summed E-state index contributed by atoms with van der Waals surface area (Å²) in [6, 6.07) is 5.32. The van der Waals surface area contributed by atoms with Crippen LogP contribution in [0.5, 0.6) is 23.0 Å². The predicted molar refractivity (Wildman–Crippen MR) is 98.5 cm³/mol. The molecule has 0 radical (unpaired) electrons. The molecule has 0 unspecified atom stereocenters. The molecule has 0 atom stereocenters. The number of aryl methyl sites for hydroxylation is 1. The molecule has 1 heterocycles. The molecule has 1 aliphatic rings. The van der Waals surface area contributed by atoms with Crippen molar-refractivity contribution in [2.45, 2.75) is 59.0 Å². The highest BCUT2D eigenvalue weighted by Gasteiger charge is 2.37. The van der Waals surface area contributed by atoms with E-state index in [1.54, 1.807) is 19.1 Å². The third-order valence-electron chi connectivity index (χ3n) is 5.00. The molecule has 0 spiro atoms. The van der Waals surface area contributed by atoms with E-state index in [-0.39, 0.29) is 17.2 Å². The van der Waals surface area contributed by atoms with Crippen LogP contribution in [-0.4, -0.2) is 15.3 Å². The first-order valence-corrected chi connectivity index (χ1v) is 8.87. The van der Waals surface area contributed by atoms with Gasteiger partial charge in [0.25, 0.3) is 0 Å².